The van der Waals surface area contributed by atoms with E-state index in [0.29, 0.717) is 25.5 Å². The minimum absolute atomic E-state index is 0.342. The van der Waals surface area contributed by atoms with E-state index < -0.39 is 5.91 Å². The summed E-state index contributed by atoms with van der Waals surface area (Å²) >= 11 is 5.13. The first kappa shape index (κ1) is 13.7. The molecule has 0 bridgehead atoms. The van der Waals surface area contributed by atoms with Crippen molar-refractivity contribution in [2.24, 2.45) is 4.99 Å². The highest BCUT2D eigenvalue weighted by molar-refractivity contribution is 6.63. The van der Waals surface area contributed by atoms with Gasteiger partial charge in [-0.1, -0.05) is 0 Å². The number of rotatable bonds is 7. The number of allylic oxidation sites excluding steroid dienone is 1. The van der Waals surface area contributed by atoms with Gasteiger partial charge in [0.15, 0.2) is 0 Å². The van der Waals surface area contributed by atoms with E-state index >= 15 is 0 Å². The molecule has 0 unspecified atom stereocenters. The lowest BCUT2D eigenvalue weighted by molar-refractivity contribution is -0.114. The van der Waals surface area contributed by atoms with E-state index in [1.165, 1.54) is 6.21 Å². The number of nitrogens with zero attached hydrogens (tertiary/aromatic N) is 1. The van der Waals surface area contributed by atoms with Crippen molar-refractivity contribution in [2.75, 3.05) is 0 Å². The van der Waals surface area contributed by atoms with Crippen LogP contribution in [0.3, 0.4) is 0 Å². The zero-order chi connectivity index (χ0) is 11.5. The summed E-state index contributed by atoms with van der Waals surface area (Å²) in [7, 11) is 0. The van der Waals surface area contributed by atoms with Gasteiger partial charge in [-0.3, -0.25) is 14.4 Å². The summed E-state index contributed by atoms with van der Waals surface area (Å²) in [4.78, 5) is 34.6. The van der Waals surface area contributed by atoms with Gasteiger partial charge in [0, 0.05) is 18.7 Å². The Bertz CT molecular complexity index is 284. The molecule has 0 N–H and O–H groups in total. The topological polar surface area (TPSA) is 63.6 Å². The third-order valence-electron chi connectivity index (χ3n) is 1.49. The lowest BCUT2D eigenvalue weighted by Crippen LogP contribution is -1.89. The van der Waals surface area contributed by atoms with Gasteiger partial charge in [-0.2, -0.15) is 0 Å². The van der Waals surface area contributed by atoms with Gasteiger partial charge in [-0.15, -0.1) is 0 Å². The fourth-order valence-electron chi connectivity index (χ4n) is 0.819. The number of hydrogen-bond acceptors (Lipinski definition) is 3. The van der Waals surface area contributed by atoms with E-state index in [0.717, 1.165) is 18.6 Å². The highest BCUT2D eigenvalue weighted by Crippen LogP contribution is 2.00. The molecule has 5 heteroatoms. The Morgan fingerprint density at radius 1 is 1.27 bits per heavy atom. The smallest absolute Gasteiger partial charge is 0.269 e. The number of halogens is 1. The Kier molecular flexibility index (Phi) is 8.47. The lowest BCUT2D eigenvalue weighted by atomic mass is 10.2. The third-order valence-corrected chi connectivity index (χ3v) is 1.68. The predicted octanol–water partition coefficient (Wildman–Crippen LogP) is 1.66. The van der Waals surface area contributed by atoms with Crippen LogP contribution in [-0.4, -0.2) is 23.7 Å². The number of carbonyl (C=O) groups excluding carboxylic acids is 3. The average Bonchev–Trinajstić information content (AvgIpc) is 2.19. The first-order chi connectivity index (χ1) is 7.16. The van der Waals surface area contributed by atoms with Gasteiger partial charge in [0.2, 0.25) is 5.24 Å². The van der Waals surface area contributed by atoms with Crippen LogP contribution >= 0.6 is 11.6 Å². The van der Waals surface area contributed by atoms with Crippen LogP contribution in [-0.2, 0) is 14.4 Å². The quantitative estimate of drug-likeness (QED) is 0.219. The highest BCUT2D eigenvalue weighted by atomic mass is 35.5. The molecule has 82 valence electrons. The molecule has 0 aromatic carbocycles. The molecule has 0 saturated carbocycles. The van der Waals surface area contributed by atoms with Crippen LogP contribution in [0.5, 0.6) is 0 Å². The third kappa shape index (κ3) is 10.6. The van der Waals surface area contributed by atoms with Crippen molar-refractivity contribution in [3.8, 4) is 0 Å². The van der Waals surface area contributed by atoms with Gasteiger partial charge in [-0.25, -0.2) is 4.99 Å². The Morgan fingerprint density at radius 2 is 2.00 bits per heavy atom. The first-order valence-corrected chi connectivity index (χ1v) is 4.91. The van der Waals surface area contributed by atoms with E-state index in [1.807, 2.05) is 0 Å². The molecule has 0 saturated heterocycles. The Morgan fingerprint density at radius 3 is 2.60 bits per heavy atom. The molecule has 0 radical (unpaired) electrons. The second-order valence-electron chi connectivity index (χ2n) is 2.75. The molecule has 15 heavy (non-hydrogen) atoms. The van der Waals surface area contributed by atoms with E-state index in [9.17, 15) is 14.4 Å². The molecule has 0 spiro atoms. The van der Waals surface area contributed by atoms with Crippen molar-refractivity contribution >= 4 is 35.3 Å². The van der Waals surface area contributed by atoms with Crippen molar-refractivity contribution < 1.29 is 14.4 Å². The molecule has 0 rings (SSSR count). The van der Waals surface area contributed by atoms with Crippen molar-refractivity contribution in [2.45, 2.75) is 25.7 Å². The minimum Gasteiger partial charge on any atom is -0.299 e. The predicted molar refractivity (Wildman–Crippen MR) is 58.0 cm³/mol. The molecular weight excluding hydrogens is 218 g/mol. The first-order valence-electron chi connectivity index (χ1n) is 4.53. The molecule has 0 aliphatic rings. The summed E-state index contributed by atoms with van der Waals surface area (Å²) in [5.41, 5.74) is 0. The number of unbranched alkanes of at least 4 members (excludes halogenated alkanes) is 2. The second kappa shape index (κ2) is 9.27. The molecule has 4 nitrogen and oxygen atoms in total. The van der Waals surface area contributed by atoms with Crippen LogP contribution in [0.2, 0.25) is 0 Å². The van der Waals surface area contributed by atoms with Gasteiger partial charge in [-0.05, 0) is 36.9 Å². The molecule has 0 fully saturated rings. The molecule has 0 aromatic rings. The second-order valence-corrected chi connectivity index (χ2v) is 3.17. The minimum atomic E-state index is -0.462. The molecule has 0 aliphatic carbocycles. The SMILES string of the molecule is O=CC=CC(=O)N=CCCCCC(=O)Cl. The van der Waals surface area contributed by atoms with Gasteiger partial charge in [0.05, 0.1) is 0 Å². The molecule has 0 heterocycles. The van der Waals surface area contributed by atoms with Crippen LogP contribution < -0.4 is 0 Å². The molecular formula is C10H12ClNO3. The Balaban J connectivity index is 3.53. The number of amides is 1. The van der Waals surface area contributed by atoms with E-state index in [4.69, 9.17) is 11.6 Å². The van der Waals surface area contributed by atoms with Gasteiger partial charge in [0.25, 0.3) is 5.91 Å². The summed E-state index contributed by atoms with van der Waals surface area (Å²) in [5.74, 6) is -0.462. The van der Waals surface area contributed by atoms with Crippen LogP contribution in [0.4, 0.5) is 0 Å². The monoisotopic (exact) mass is 229 g/mol. The van der Waals surface area contributed by atoms with Gasteiger partial charge >= 0.3 is 0 Å². The van der Waals surface area contributed by atoms with Crippen molar-refractivity contribution in [1.82, 2.24) is 0 Å². The summed E-state index contributed by atoms with van der Waals surface area (Å²) in [6.45, 7) is 0. The molecule has 0 aliphatic heterocycles. The average molecular weight is 230 g/mol. The van der Waals surface area contributed by atoms with Crippen LogP contribution in [0.15, 0.2) is 17.1 Å². The van der Waals surface area contributed by atoms with Gasteiger partial charge < -0.3 is 0 Å². The molecule has 1 amide bonds. The van der Waals surface area contributed by atoms with Gasteiger partial charge in [0.1, 0.15) is 6.29 Å². The maximum Gasteiger partial charge on any atom is 0.269 e. The van der Waals surface area contributed by atoms with E-state index in [-0.39, 0.29) is 5.24 Å². The van der Waals surface area contributed by atoms with Crippen LogP contribution in [0.25, 0.3) is 0 Å². The fraction of sp³-hybridized carbons (Fsp3) is 0.400. The summed E-state index contributed by atoms with van der Waals surface area (Å²) in [6.07, 6.45) is 6.56. The van der Waals surface area contributed by atoms with E-state index in [2.05, 4.69) is 4.99 Å². The Labute approximate surface area is 93.0 Å². The standard InChI is InChI=1S/C10H12ClNO3/c11-9(14)5-2-1-3-7-12-10(15)6-4-8-13/h4,6-8H,1-3,5H2. The van der Waals surface area contributed by atoms with Crippen LogP contribution in [0.1, 0.15) is 25.7 Å². The number of aldehydes is 1. The van der Waals surface area contributed by atoms with E-state index in [1.54, 1.807) is 0 Å². The van der Waals surface area contributed by atoms with Crippen molar-refractivity contribution in [1.29, 1.82) is 0 Å². The maximum absolute atomic E-state index is 10.8. The molecule has 0 atom stereocenters. The summed E-state index contributed by atoms with van der Waals surface area (Å²) in [5, 5.41) is -0.350. The zero-order valence-electron chi connectivity index (χ0n) is 8.19. The normalized spacial score (nSPS) is 11.0. The van der Waals surface area contributed by atoms with Crippen molar-refractivity contribution in [3.05, 3.63) is 12.2 Å². The largest absolute Gasteiger partial charge is 0.299 e. The number of aliphatic imine (C=N–C) groups is 1. The Hall–Kier alpha value is -1.29. The number of hydrogen-bond donors (Lipinski definition) is 0. The summed E-state index contributed by atoms with van der Waals surface area (Å²) < 4.78 is 0. The fourth-order valence-corrected chi connectivity index (χ4v) is 0.952. The highest BCUT2D eigenvalue weighted by Gasteiger charge is 1.94. The van der Waals surface area contributed by atoms with Crippen molar-refractivity contribution in [3.63, 3.8) is 0 Å². The number of carbonyl (C=O) groups is 3. The molecule has 0 aromatic heterocycles. The van der Waals surface area contributed by atoms with Crippen LogP contribution in [0, 0.1) is 0 Å². The lowest BCUT2D eigenvalue weighted by Gasteiger charge is -1.91. The summed E-state index contributed by atoms with van der Waals surface area (Å²) in [6, 6.07) is 0. The zero-order valence-corrected chi connectivity index (χ0v) is 8.94. The maximum atomic E-state index is 10.8.